The summed E-state index contributed by atoms with van der Waals surface area (Å²) >= 11 is 0. The minimum Gasteiger partial charge on any atom is -0.478 e. The molecule has 1 heterocycles. The number of aromatic nitrogens is 1. The highest BCUT2D eigenvalue weighted by atomic mass is 19.4. The monoisotopic (exact) mass is 302 g/mol. The maximum absolute atomic E-state index is 11.9. The summed E-state index contributed by atoms with van der Waals surface area (Å²) in [6.07, 6.45) is -1.87. The number of carbonyl (C=O) groups excluding carboxylic acids is 1. The van der Waals surface area contributed by atoms with Gasteiger partial charge in [-0.15, -0.1) is 0 Å². The summed E-state index contributed by atoms with van der Waals surface area (Å²) in [5.41, 5.74) is 0.542. The van der Waals surface area contributed by atoms with E-state index in [0.29, 0.717) is 5.56 Å². The number of pyridine rings is 1. The highest BCUT2D eigenvalue weighted by molar-refractivity contribution is 5.92. The molecule has 0 saturated heterocycles. The molecule has 21 heavy (non-hydrogen) atoms. The van der Waals surface area contributed by atoms with Gasteiger partial charge in [-0.25, -0.2) is 4.79 Å². The molecule has 0 spiro atoms. The Bertz CT molecular complexity index is 524. The van der Waals surface area contributed by atoms with Crippen molar-refractivity contribution in [2.45, 2.75) is 19.0 Å². The summed E-state index contributed by atoms with van der Waals surface area (Å²) < 4.78 is 35.7. The predicted molar refractivity (Wildman–Crippen MR) is 68.5 cm³/mol. The Balaban J connectivity index is 2.46. The van der Waals surface area contributed by atoms with E-state index in [2.05, 4.69) is 10.3 Å². The van der Waals surface area contributed by atoms with Gasteiger partial charge in [0.15, 0.2) is 0 Å². The third kappa shape index (κ3) is 7.09. The van der Waals surface area contributed by atoms with Crippen molar-refractivity contribution in [1.82, 2.24) is 10.3 Å². The van der Waals surface area contributed by atoms with Crippen LogP contribution in [0.5, 0.6) is 0 Å². The van der Waals surface area contributed by atoms with Crippen LogP contribution in [0.25, 0.3) is 6.08 Å². The average Bonchev–Trinajstić information content (AvgIpc) is 2.40. The van der Waals surface area contributed by atoms with Gasteiger partial charge in [0.2, 0.25) is 0 Å². The summed E-state index contributed by atoms with van der Waals surface area (Å²) in [7, 11) is 0. The largest absolute Gasteiger partial charge is 0.478 e. The predicted octanol–water partition coefficient (Wildman–Crippen LogP) is 2.25. The Hall–Kier alpha value is -2.38. The Kier molecular flexibility index (Phi) is 5.89. The van der Waals surface area contributed by atoms with Crippen LogP contribution in [0, 0.1) is 0 Å². The molecule has 0 unspecified atom stereocenters. The van der Waals surface area contributed by atoms with Crippen molar-refractivity contribution in [3.63, 3.8) is 0 Å². The molecule has 8 heteroatoms. The van der Waals surface area contributed by atoms with Gasteiger partial charge in [0.1, 0.15) is 5.69 Å². The molecular formula is C13H13F3N2O3. The van der Waals surface area contributed by atoms with Crippen LogP contribution < -0.4 is 5.32 Å². The summed E-state index contributed by atoms with van der Waals surface area (Å²) in [4.78, 5) is 25.7. The number of carbonyl (C=O) groups is 2. The van der Waals surface area contributed by atoms with Gasteiger partial charge in [-0.3, -0.25) is 9.78 Å². The number of halogens is 3. The molecule has 0 aromatic carbocycles. The lowest BCUT2D eigenvalue weighted by molar-refractivity contribution is -0.135. The van der Waals surface area contributed by atoms with E-state index in [4.69, 9.17) is 5.11 Å². The number of carboxylic acids is 1. The molecule has 0 aliphatic rings. The van der Waals surface area contributed by atoms with Crippen molar-refractivity contribution < 1.29 is 27.9 Å². The third-order valence-electron chi connectivity index (χ3n) is 2.36. The fraction of sp³-hybridized carbons (Fsp3) is 0.308. The van der Waals surface area contributed by atoms with Crippen molar-refractivity contribution in [2.24, 2.45) is 0 Å². The minimum atomic E-state index is -4.24. The number of amides is 1. The van der Waals surface area contributed by atoms with E-state index < -0.39 is 24.5 Å². The number of nitrogens with one attached hydrogen (secondary N) is 1. The summed E-state index contributed by atoms with van der Waals surface area (Å²) in [6, 6.07) is 2.84. The van der Waals surface area contributed by atoms with Crippen molar-refractivity contribution in [1.29, 1.82) is 0 Å². The lowest BCUT2D eigenvalue weighted by atomic mass is 10.2. The quantitative estimate of drug-likeness (QED) is 0.624. The number of alkyl halides is 3. The third-order valence-corrected chi connectivity index (χ3v) is 2.36. The second-order valence-electron chi connectivity index (χ2n) is 4.12. The van der Waals surface area contributed by atoms with Crippen LogP contribution in [0.3, 0.4) is 0 Å². The van der Waals surface area contributed by atoms with Crippen molar-refractivity contribution in [3.05, 3.63) is 35.7 Å². The summed E-state index contributed by atoms with van der Waals surface area (Å²) in [5, 5.41) is 10.8. The molecule has 5 nitrogen and oxygen atoms in total. The van der Waals surface area contributed by atoms with Crippen LogP contribution in [-0.4, -0.2) is 34.7 Å². The van der Waals surface area contributed by atoms with Crippen LogP contribution in [0.1, 0.15) is 28.9 Å². The lowest BCUT2D eigenvalue weighted by Crippen LogP contribution is -2.26. The van der Waals surface area contributed by atoms with Gasteiger partial charge in [-0.2, -0.15) is 13.2 Å². The molecule has 1 amide bonds. The first-order chi connectivity index (χ1) is 9.78. The average molecular weight is 302 g/mol. The number of carboxylic acid groups (broad SMARTS) is 1. The van der Waals surface area contributed by atoms with E-state index in [1.165, 1.54) is 24.4 Å². The van der Waals surface area contributed by atoms with Crippen LogP contribution >= 0.6 is 0 Å². The maximum atomic E-state index is 11.9. The first-order valence-corrected chi connectivity index (χ1v) is 6.00. The molecule has 0 aliphatic heterocycles. The number of rotatable bonds is 6. The highest BCUT2D eigenvalue weighted by Crippen LogP contribution is 2.20. The molecule has 0 aliphatic carbocycles. The molecule has 1 aromatic rings. The zero-order valence-electron chi connectivity index (χ0n) is 10.9. The van der Waals surface area contributed by atoms with Crippen molar-refractivity contribution in [2.75, 3.05) is 6.54 Å². The first kappa shape index (κ1) is 16.7. The van der Waals surface area contributed by atoms with E-state index in [9.17, 15) is 22.8 Å². The number of nitrogens with zero attached hydrogens (tertiary/aromatic N) is 1. The number of hydrogen-bond acceptors (Lipinski definition) is 3. The van der Waals surface area contributed by atoms with Gasteiger partial charge in [0, 0.05) is 25.2 Å². The summed E-state index contributed by atoms with van der Waals surface area (Å²) in [5.74, 6) is -1.69. The molecule has 1 rings (SSSR count). The molecular weight excluding hydrogens is 289 g/mol. The first-order valence-electron chi connectivity index (χ1n) is 6.00. The van der Waals surface area contributed by atoms with Gasteiger partial charge < -0.3 is 10.4 Å². The Morgan fingerprint density at radius 3 is 2.57 bits per heavy atom. The molecule has 0 radical (unpaired) electrons. The SMILES string of the molecule is O=C(O)/C=C/c1ccc(C(=O)NCCCC(F)(F)F)nc1. The van der Waals surface area contributed by atoms with Gasteiger partial charge >= 0.3 is 12.1 Å². The van der Waals surface area contributed by atoms with Crippen molar-refractivity contribution >= 4 is 18.0 Å². The number of aliphatic carboxylic acids is 1. The Labute approximate surface area is 118 Å². The van der Waals surface area contributed by atoms with Gasteiger partial charge in [0.05, 0.1) is 0 Å². The fourth-order valence-electron chi connectivity index (χ4n) is 1.39. The van der Waals surface area contributed by atoms with Crippen molar-refractivity contribution in [3.8, 4) is 0 Å². The van der Waals surface area contributed by atoms with E-state index in [1.807, 2.05) is 0 Å². The maximum Gasteiger partial charge on any atom is 0.389 e. The molecule has 0 saturated carbocycles. The smallest absolute Gasteiger partial charge is 0.389 e. The highest BCUT2D eigenvalue weighted by Gasteiger charge is 2.26. The van der Waals surface area contributed by atoms with E-state index in [-0.39, 0.29) is 18.7 Å². The van der Waals surface area contributed by atoms with Crippen LogP contribution in [0.4, 0.5) is 13.2 Å². The summed E-state index contributed by atoms with van der Waals surface area (Å²) in [6.45, 7) is -0.0965. The normalized spacial score (nSPS) is 11.6. The van der Waals surface area contributed by atoms with Gasteiger partial charge in [-0.1, -0.05) is 6.07 Å². The zero-order chi connectivity index (χ0) is 15.9. The van der Waals surface area contributed by atoms with Crippen LogP contribution in [0.2, 0.25) is 0 Å². The minimum absolute atomic E-state index is 0.0504. The van der Waals surface area contributed by atoms with Gasteiger partial charge in [-0.05, 0) is 24.1 Å². The Morgan fingerprint density at radius 2 is 2.05 bits per heavy atom. The molecule has 2 N–H and O–H groups in total. The zero-order valence-corrected chi connectivity index (χ0v) is 10.9. The van der Waals surface area contributed by atoms with Crippen LogP contribution in [-0.2, 0) is 4.79 Å². The molecule has 114 valence electrons. The van der Waals surface area contributed by atoms with E-state index in [1.54, 1.807) is 0 Å². The molecule has 1 aromatic heterocycles. The second kappa shape index (κ2) is 7.41. The second-order valence-corrected chi connectivity index (χ2v) is 4.12. The fourth-order valence-corrected chi connectivity index (χ4v) is 1.39. The topological polar surface area (TPSA) is 79.3 Å². The van der Waals surface area contributed by atoms with Crippen LogP contribution in [0.15, 0.2) is 24.4 Å². The lowest BCUT2D eigenvalue weighted by Gasteiger charge is -2.07. The molecule has 0 bridgehead atoms. The molecule has 0 atom stereocenters. The Morgan fingerprint density at radius 1 is 1.33 bits per heavy atom. The van der Waals surface area contributed by atoms with E-state index >= 15 is 0 Å². The van der Waals surface area contributed by atoms with Gasteiger partial charge in [0.25, 0.3) is 5.91 Å². The van der Waals surface area contributed by atoms with E-state index in [0.717, 1.165) is 6.08 Å². The number of hydrogen-bond donors (Lipinski definition) is 2. The standard InChI is InChI=1S/C13H13F3N2O3/c14-13(15,16)6-1-7-17-12(21)10-4-2-9(8-18-10)3-5-11(19)20/h2-5,8H,1,6-7H2,(H,17,21)(H,19,20)/b5-3+. The molecule has 0 fully saturated rings.